The summed E-state index contributed by atoms with van der Waals surface area (Å²) in [5.74, 6) is 1.13. The lowest BCUT2D eigenvalue weighted by atomic mass is 10.3. The van der Waals surface area contributed by atoms with E-state index in [-0.39, 0.29) is 0 Å². The second-order valence-electron chi connectivity index (χ2n) is 2.91. The molecule has 0 aromatic rings. The van der Waals surface area contributed by atoms with Crippen molar-refractivity contribution in [1.82, 2.24) is 0 Å². The molecule has 2 fully saturated rings. The highest BCUT2D eigenvalue weighted by atomic mass is 14.2. The largest absolute Gasteiger partial charge is 0.0651 e. The van der Waals surface area contributed by atoms with E-state index in [9.17, 15) is 0 Å². The molecule has 0 N–H and O–H groups in total. The van der Waals surface area contributed by atoms with Crippen LogP contribution in [0.2, 0.25) is 0 Å². The van der Waals surface area contributed by atoms with E-state index in [4.69, 9.17) is 0 Å². The lowest BCUT2D eigenvalue weighted by Gasteiger charge is -1.72. The first kappa shape index (κ1) is 6.12. The van der Waals surface area contributed by atoms with Crippen LogP contribution >= 0.6 is 0 Å². The molecule has 0 spiro atoms. The van der Waals surface area contributed by atoms with Gasteiger partial charge in [0.25, 0.3) is 0 Å². The van der Waals surface area contributed by atoms with Crippen molar-refractivity contribution in [2.75, 3.05) is 0 Å². The molecule has 0 heterocycles. The highest BCUT2D eigenvalue weighted by Gasteiger charge is 2.17. The zero-order valence-corrected chi connectivity index (χ0v) is 5.82. The van der Waals surface area contributed by atoms with Crippen molar-refractivity contribution in [3.63, 3.8) is 0 Å². The van der Waals surface area contributed by atoms with Gasteiger partial charge in [0.2, 0.25) is 0 Å². The van der Waals surface area contributed by atoms with Gasteiger partial charge in [0.15, 0.2) is 0 Å². The van der Waals surface area contributed by atoms with Crippen LogP contribution in [0.5, 0.6) is 0 Å². The van der Waals surface area contributed by atoms with Crippen LogP contribution in [-0.4, -0.2) is 0 Å². The molecule has 0 heteroatoms. The first-order valence-corrected chi connectivity index (χ1v) is 3.93. The van der Waals surface area contributed by atoms with E-state index in [2.05, 4.69) is 6.92 Å². The van der Waals surface area contributed by atoms with E-state index in [1.165, 1.54) is 38.5 Å². The molecule has 2 aliphatic rings. The Balaban J connectivity index is 0.0000000907. The summed E-state index contributed by atoms with van der Waals surface area (Å²) in [6.07, 6.45) is 8.94. The summed E-state index contributed by atoms with van der Waals surface area (Å²) in [6.45, 7) is 2.26. The Kier molecular flexibility index (Phi) is 2.38. The molecule has 2 saturated carbocycles. The first-order valence-electron chi connectivity index (χ1n) is 3.93. The van der Waals surface area contributed by atoms with Gasteiger partial charge in [-0.2, -0.15) is 0 Å². The third-order valence-corrected chi connectivity index (χ3v) is 1.63. The van der Waals surface area contributed by atoms with Crippen LogP contribution < -0.4 is 0 Å². The minimum atomic E-state index is 1.13. The van der Waals surface area contributed by atoms with E-state index in [0.29, 0.717) is 0 Å². The van der Waals surface area contributed by atoms with E-state index >= 15 is 0 Å². The smallest absolute Gasteiger partial charge is 0.0417 e. The molecule has 0 nitrogen and oxygen atoms in total. The van der Waals surface area contributed by atoms with Crippen molar-refractivity contribution in [1.29, 1.82) is 0 Å². The van der Waals surface area contributed by atoms with Gasteiger partial charge < -0.3 is 0 Å². The van der Waals surface area contributed by atoms with Crippen LogP contribution in [0.25, 0.3) is 0 Å². The molecule has 0 saturated heterocycles. The van der Waals surface area contributed by atoms with Crippen LogP contribution in [0.4, 0.5) is 0 Å². The Morgan fingerprint density at radius 2 is 1.62 bits per heavy atom. The van der Waals surface area contributed by atoms with Gasteiger partial charge in [-0.1, -0.05) is 45.4 Å². The van der Waals surface area contributed by atoms with Crippen LogP contribution in [0, 0.1) is 5.92 Å². The summed E-state index contributed by atoms with van der Waals surface area (Å²) in [5, 5.41) is 0. The minimum absolute atomic E-state index is 1.13. The normalized spacial score (nSPS) is 23.6. The fourth-order valence-electron chi connectivity index (χ4n) is 0.526. The predicted octanol–water partition coefficient (Wildman–Crippen LogP) is 2.98. The summed E-state index contributed by atoms with van der Waals surface area (Å²) in [7, 11) is 0. The fraction of sp³-hybridized carbons (Fsp3) is 1.00. The van der Waals surface area contributed by atoms with Crippen molar-refractivity contribution in [3.8, 4) is 0 Å². The highest BCUT2D eigenvalue weighted by molar-refractivity contribution is 4.69. The molecule has 0 aromatic carbocycles. The number of hydrogen-bond acceptors (Lipinski definition) is 0. The quantitative estimate of drug-likeness (QED) is 0.489. The van der Waals surface area contributed by atoms with E-state index < -0.39 is 0 Å². The van der Waals surface area contributed by atoms with Gasteiger partial charge in [0, 0.05) is 0 Å². The second-order valence-corrected chi connectivity index (χ2v) is 2.91. The topological polar surface area (TPSA) is 0 Å². The molecule has 8 heavy (non-hydrogen) atoms. The monoisotopic (exact) mass is 112 g/mol. The molecular formula is C8H16. The molecule has 0 aromatic heterocycles. The van der Waals surface area contributed by atoms with Crippen LogP contribution in [0.15, 0.2) is 0 Å². The number of rotatable bonds is 1. The zero-order valence-electron chi connectivity index (χ0n) is 5.82. The van der Waals surface area contributed by atoms with Gasteiger partial charge in [0.1, 0.15) is 0 Å². The van der Waals surface area contributed by atoms with Crippen LogP contribution in [0.3, 0.4) is 0 Å². The Hall–Kier alpha value is 0. The van der Waals surface area contributed by atoms with E-state index in [0.717, 1.165) is 5.92 Å². The SMILES string of the molecule is C1CC1.CCC1CC1. The second kappa shape index (κ2) is 3.11. The van der Waals surface area contributed by atoms with Crippen molar-refractivity contribution in [2.45, 2.75) is 45.4 Å². The molecule has 0 unspecified atom stereocenters. The van der Waals surface area contributed by atoms with E-state index in [1.807, 2.05) is 0 Å². The molecule has 0 amide bonds. The summed E-state index contributed by atoms with van der Waals surface area (Å²) >= 11 is 0. The first-order chi connectivity index (χ1) is 3.93. The Bertz CT molecular complexity index is 48.3. The van der Waals surface area contributed by atoms with Crippen molar-refractivity contribution in [3.05, 3.63) is 0 Å². The maximum atomic E-state index is 2.26. The predicted molar refractivity (Wildman–Crippen MR) is 36.9 cm³/mol. The van der Waals surface area contributed by atoms with Crippen molar-refractivity contribution in [2.24, 2.45) is 5.92 Å². The minimum Gasteiger partial charge on any atom is -0.0651 e. The summed E-state index contributed by atoms with van der Waals surface area (Å²) in [6, 6.07) is 0. The summed E-state index contributed by atoms with van der Waals surface area (Å²) in [4.78, 5) is 0. The van der Waals surface area contributed by atoms with Crippen molar-refractivity contribution < 1.29 is 0 Å². The third-order valence-electron chi connectivity index (χ3n) is 1.63. The average Bonchev–Trinajstić information content (AvgIpc) is 2.65. The van der Waals surface area contributed by atoms with Gasteiger partial charge in [-0.3, -0.25) is 0 Å². The van der Waals surface area contributed by atoms with Crippen molar-refractivity contribution >= 4 is 0 Å². The Morgan fingerprint density at radius 1 is 1.12 bits per heavy atom. The van der Waals surface area contributed by atoms with Gasteiger partial charge in [0.05, 0.1) is 0 Å². The fourth-order valence-corrected chi connectivity index (χ4v) is 0.526. The van der Waals surface area contributed by atoms with E-state index in [1.54, 1.807) is 0 Å². The maximum absolute atomic E-state index is 2.26. The van der Waals surface area contributed by atoms with Crippen LogP contribution in [-0.2, 0) is 0 Å². The standard InChI is InChI=1S/C5H10.C3H6/c1-2-5-3-4-5;1-2-3-1/h5H,2-4H2,1H3;1-3H2. The summed E-state index contributed by atoms with van der Waals surface area (Å²) in [5.41, 5.74) is 0. The molecule has 2 aliphatic carbocycles. The molecule has 0 bridgehead atoms. The molecular weight excluding hydrogens is 96.1 g/mol. The van der Waals surface area contributed by atoms with Gasteiger partial charge >= 0.3 is 0 Å². The van der Waals surface area contributed by atoms with Gasteiger partial charge in [-0.25, -0.2) is 0 Å². The molecule has 2 rings (SSSR count). The highest BCUT2D eigenvalue weighted by Crippen LogP contribution is 2.31. The Labute approximate surface area is 52.3 Å². The molecule has 0 atom stereocenters. The molecule has 48 valence electrons. The lowest BCUT2D eigenvalue weighted by molar-refractivity contribution is 0.799. The molecule has 0 aliphatic heterocycles. The molecule has 0 radical (unpaired) electrons. The third kappa shape index (κ3) is 4.17. The summed E-state index contributed by atoms with van der Waals surface area (Å²) < 4.78 is 0. The zero-order chi connectivity index (χ0) is 5.82. The number of hydrogen-bond donors (Lipinski definition) is 0. The maximum Gasteiger partial charge on any atom is -0.0417 e. The Morgan fingerprint density at radius 3 is 1.62 bits per heavy atom. The van der Waals surface area contributed by atoms with Gasteiger partial charge in [-0.15, -0.1) is 0 Å². The van der Waals surface area contributed by atoms with Crippen LogP contribution in [0.1, 0.15) is 45.4 Å². The van der Waals surface area contributed by atoms with Gasteiger partial charge in [-0.05, 0) is 5.92 Å². The lowest BCUT2D eigenvalue weighted by Crippen LogP contribution is -1.59. The average molecular weight is 112 g/mol.